The van der Waals surface area contributed by atoms with Gasteiger partial charge in [-0.3, -0.25) is 10.00 Å². The number of hydrogen-bond acceptors (Lipinski definition) is 4. The van der Waals surface area contributed by atoms with Gasteiger partial charge in [0.15, 0.2) is 5.82 Å². The Morgan fingerprint density at radius 3 is 2.73 bits per heavy atom. The molecule has 2 aliphatic rings. The van der Waals surface area contributed by atoms with E-state index in [2.05, 4.69) is 31.9 Å². The van der Waals surface area contributed by atoms with E-state index in [0.717, 1.165) is 48.8 Å². The number of hydrogen-bond donors (Lipinski definition) is 1. The van der Waals surface area contributed by atoms with E-state index < -0.39 is 0 Å². The number of rotatable bonds is 3. The third kappa shape index (κ3) is 3.14. The SMILES string of the molecule is [C-]#[N+]C1C(CN2CCN(C)CC2)=Nc2[nH]ncc2C1c1ccccc1Cl. The Labute approximate surface area is 158 Å². The molecule has 2 aliphatic heterocycles. The van der Waals surface area contributed by atoms with Gasteiger partial charge in [0.05, 0.1) is 12.1 Å². The molecule has 3 heterocycles. The van der Waals surface area contributed by atoms with Crippen molar-refractivity contribution in [3.63, 3.8) is 0 Å². The zero-order valence-corrected chi connectivity index (χ0v) is 15.4. The minimum absolute atomic E-state index is 0.144. The summed E-state index contributed by atoms with van der Waals surface area (Å²) in [6, 6.07) is 7.40. The number of benzene rings is 1. The number of nitrogens with one attached hydrogen (secondary N) is 1. The fraction of sp³-hybridized carbons (Fsp3) is 0.421. The van der Waals surface area contributed by atoms with Gasteiger partial charge in [-0.05, 0) is 18.7 Å². The predicted molar refractivity (Wildman–Crippen MR) is 103 cm³/mol. The van der Waals surface area contributed by atoms with Crippen LogP contribution in [-0.2, 0) is 0 Å². The molecule has 1 aromatic heterocycles. The van der Waals surface area contributed by atoms with Crippen LogP contribution in [0.3, 0.4) is 0 Å². The first kappa shape index (κ1) is 17.2. The summed E-state index contributed by atoms with van der Waals surface area (Å²) >= 11 is 6.48. The summed E-state index contributed by atoms with van der Waals surface area (Å²) in [5, 5.41) is 7.84. The predicted octanol–water partition coefficient (Wildman–Crippen LogP) is 2.82. The summed E-state index contributed by atoms with van der Waals surface area (Å²) in [6.07, 6.45) is 1.78. The molecule has 1 N–H and O–H groups in total. The minimum atomic E-state index is -0.361. The summed E-state index contributed by atoms with van der Waals surface area (Å²) in [6.45, 7) is 12.6. The number of aromatic amines is 1. The largest absolute Gasteiger partial charge is 0.306 e. The lowest BCUT2D eigenvalue weighted by molar-refractivity contribution is 0.170. The number of halogens is 1. The van der Waals surface area contributed by atoms with E-state index in [1.165, 1.54) is 0 Å². The summed E-state index contributed by atoms with van der Waals surface area (Å²) in [4.78, 5) is 13.4. The van der Waals surface area contributed by atoms with Crippen LogP contribution in [0.25, 0.3) is 4.85 Å². The second-order valence-corrected chi connectivity index (χ2v) is 7.34. The topological polar surface area (TPSA) is 51.9 Å². The van der Waals surface area contributed by atoms with E-state index in [4.69, 9.17) is 23.2 Å². The summed E-state index contributed by atoms with van der Waals surface area (Å²) < 4.78 is 0. The Balaban J connectivity index is 1.70. The fourth-order valence-electron chi connectivity index (χ4n) is 3.76. The summed E-state index contributed by atoms with van der Waals surface area (Å²) in [5.41, 5.74) is 2.80. The van der Waals surface area contributed by atoms with Gasteiger partial charge in [0.2, 0.25) is 0 Å². The van der Waals surface area contributed by atoms with Crippen molar-refractivity contribution >= 4 is 23.1 Å². The minimum Gasteiger partial charge on any atom is -0.306 e. The molecular weight excluding hydrogens is 348 g/mol. The summed E-state index contributed by atoms with van der Waals surface area (Å²) in [7, 11) is 2.14. The maximum Gasteiger partial charge on any atom is 0.273 e. The molecule has 1 aromatic carbocycles. The molecule has 0 radical (unpaired) electrons. The molecule has 0 aliphatic carbocycles. The van der Waals surface area contributed by atoms with Crippen LogP contribution in [0.4, 0.5) is 5.82 Å². The smallest absolute Gasteiger partial charge is 0.273 e. The van der Waals surface area contributed by atoms with Gasteiger partial charge in [-0.15, -0.1) is 0 Å². The van der Waals surface area contributed by atoms with Gasteiger partial charge in [-0.25, -0.2) is 11.6 Å². The van der Waals surface area contributed by atoms with Crippen molar-refractivity contribution in [1.29, 1.82) is 0 Å². The van der Waals surface area contributed by atoms with Crippen LogP contribution in [0.15, 0.2) is 35.5 Å². The van der Waals surface area contributed by atoms with Gasteiger partial charge in [-0.1, -0.05) is 29.8 Å². The first-order valence-corrected chi connectivity index (χ1v) is 9.18. The van der Waals surface area contributed by atoms with Crippen molar-refractivity contribution in [3.8, 4) is 0 Å². The maximum absolute atomic E-state index is 7.87. The van der Waals surface area contributed by atoms with Crippen molar-refractivity contribution < 1.29 is 0 Å². The van der Waals surface area contributed by atoms with Crippen LogP contribution in [0.2, 0.25) is 5.02 Å². The monoisotopic (exact) mass is 368 g/mol. The van der Waals surface area contributed by atoms with Crippen molar-refractivity contribution in [2.24, 2.45) is 4.99 Å². The normalized spacial score (nSPS) is 24.0. The van der Waals surface area contributed by atoms with Crippen LogP contribution in [-0.4, -0.2) is 71.5 Å². The summed E-state index contributed by atoms with van der Waals surface area (Å²) in [5.74, 6) is 0.605. The molecule has 2 atom stereocenters. The fourth-order valence-corrected chi connectivity index (χ4v) is 4.01. The maximum atomic E-state index is 7.87. The van der Waals surface area contributed by atoms with E-state index in [1.807, 2.05) is 24.3 Å². The number of aliphatic imine (C=N–C) groups is 1. The average Bonchev–Trinajstić information content (AvgIpc) is 3.11. The van der Waals surface area contributed by atoms with Crippen molar-refractivity contribution in [1.82, 2.24) is 20.0 Å². The molecule has 0 amide bonds. The second kappa shape index (κ2) is 7.20. The number of likely N-dealkylation sites (N-methyl/N-ethyl adjacent to an activating group) is 1. The molecule has 2 unspecified atom stereocenters. The van der Waals surface area contributed by atoms with E-state index in [0.29, 0.717) is 11.6 Å². The highest BCUT2D eigenvalue weighted by atomic mass is 35.5. The lowest BCUT2D eigenvalue weighted by Gasteiger charge is -2.34. The Morgan fingerprint density at radius 2 is 2.00 bits per heavy atom. The van der Waals surface area contributed by atoms with Crippen LogP contribution in [0, 0.1) is 6.57 Å². The van der Waals surface area contributed by atoms with E-state index in [1.54, 1.807) is 6.20 Å². The Hall–Kier alpha value is -2.20. The molecule has 0 bridgehead atoms. The highest BCUT2D eigenvalue weighted by molar-refractivity contribution is 6.31. The Morgan fingerprint density at radius 1 is 1.23 bits per heavy atom. The van der Waals surface area contributed by atoms with Crippen molar-refractivity contribution in [2.45, 2.75) is 12.0 Å². The van der Waals surface area contributed by atoms with Crippen molar-refractivity contribution in [3.05, 3.63) is 58.0 Å². The van der Waals surface area contributed by atoms with E-state index in [-0.39, 0.29) is 12.0 Å². The van der Waals surface area contributed by atoms with E-state index in [9.17, 15) is 0 Å². The van der Waals surface area contributed by atoms with Crippen LogP contribution in [0.5, 0.6) is 0 Å². The zero-order chi connectivity index (χ0) is 18.1. The zero-order valence-electron chi connectivity index (χ0n) is 14.7. The second-order valence-electron chi connectivity index (χ2n) is 6.93. The van der Waals surface area contributed by atoms with Gasteiger partial charge >= 0.3 is 0 Å². The van der Waals surface area contributed by atoms with Crippen molar-refractivity contribution in [2.75, 3.05) is 39.8 Å². The van der Waals surface area contributed by atoms with E-state index >= 15 is 0 Å². The molecule has 0 spiro atoms. The molecule has 6 nitrogen and oxygen atoms in total. The average molecular weight is 369 g/mol. The number of H-pyrrole nitrogens is 1. The van der Waals surface area contributed by atoms with Gasteiger partial charge in [0.25, 0.3) is 6.04 Å². The highest BCUT2D eigenvalue weighted by Crippen LogP contribution is 2.41. The number of piperazine rings is 1. The Kier molecular flexibility index (Phi) is 4.77. The number of nitrogens with zero attached hydrogens (tertiary/aromatic N) is 5. The molecule has 26 heavy (non-hydrogen) atoms. The van der Waals surface area contributed by atoms with Crippen LogP contribution in [0.1, 0.15) is 17.0 Å². The number of fused-ring (bicyclic) bond motifs is 1. The standard InChI is InChI=1S/C19H21ClN6/c1-21-18-16(12-26-9-7-25(2)8-10-26)23-19-14(11-22-24-19)17(18)13-5-3-4-6-15(13)20/h3-6,11,17-18H,7-10,12H2,2H3,(H,22,24). The third-order valence-corrected chi connectivity index (χ3v) is 5.60. The quantitative estimate of drug-likeness (QED) is 0.847. The van der Waals surface area contributed by atoms with Gasteiger partial charge < -0.3 is 9.74 Å². The molecule has 4 rings (SSSR count). The first-order valence-electron chi connectivity index (χ1n) is 8.80. The molecular formula is C19H21ClN6. The van der Waals surface area contributed by atoms with Crippen LogP contribution < -0.4 is 0 Å². The molecule has 1 fully saturated rings. The first-order chi connectivity index (χ1) is 12.7. The van der Waals surface area contributed by atoms with Crippen LogP contribution >= 0.6 is 11.6 Å². The van der Waals surface area contributed by atoms with Gasteiger partial charge in [0.1, 0.15) is 5.71 Å². The Bertz CT molecular complexity index is 859. The third-order valence-electron chi connectivity index (χ3n) is 5.26. The molecule has 134 valence electrons. The number of aromatic nitrogens is 2. The molecule has 0 saturated carbocycles. The van der Waals surface area contributed by atoms with Gasteiger partial charge in [-0.2, -0.15) is 5.10 Å². The molecule has 2 aromatic rings. The lowest BCUT2D eigenvalue weighted by atomic mass is 9.82. The van der Waals surface area contributed by atoms with Gasteiger partial charge in [0, 0.05) is 43.3 Å². The highest BCUT2D eigenvalue weighted by Gasteiger charge is 2.41. The molecule has 1 saturated heterocycles. The molecule has 7 heteroatoms. The lowest BCUT2D eigenvalue weighted by Crippen LogP contribution is -2.48.